The molecule has 1 heterocycles. The van der Waals surface area contributed by atoms with Crippen molar-refractivity contribution >= 4 is 6.41 Å². The highest BCUT2D eigenvalue weighted by Crippen LogP contribution is 2.14. The molecule has 0 atom stereocenters. The number of hydrogen-bond acceptors (Lipinski definition) is 3. The maximum Gasteiger partial charge on any atom is 0.223 e. The number of hydrazine groups is 1. The number of nitrogens with zero attached hydrogens (tertiary/aromatic N) is 2. The third-order valence-electron chi connectivity index (χ3n) is 2.72. The highest BCUT2D eigenvalue weighted by atomic mass is 16.1. The molecule has 0 unspecified atom stereocenters. The van der Waals surface area contributed by atoms with E-state index in [-0.39, 0.29) is 6.04 Å². The van der Waals surface area contributed by atoms with E-state index >= 15 is 0 Å². The molecule has 0 aromatic rings. The number of rotatable bonds is 4. The zero-order chi connectivity index (χ0) is 10.6. The Labute approximate surface area is 86.0 Å². The molecule has 0 aromatic heterocycles. The van der Waals surface area contributed by atoms with Gasteiger partial charge < -0.3 is 4.90 Å². The summed E-state index contributed by atoms with van der Waals surface area (Å²) in [5, 5.41) is 1.31. The molecule has 1 fully saturated rings. The van der Waals surface area contributed by atoms with E-state index < -0.39 is 0 Å². The lowest BCUT2D eigenvalue weighted by atomic mass is 10.0. The molecular weight excluding hydrogens is 178 g/mol. The molecule has 0 bridgehead atoms. The molecule has 0 aliphatic carbocycles. The number of hydrogen-bond donors (Lipinski definition) is 1. The highest BCUT2D eigenvalue weighted by Gasteiger charge is 2.22. The molecule has 2 N–H and O–H groups in total. The molecular formula is C10H21N3O. The van der Waals surface area contributed by atoms with Crippen LogP contribution in [-0.2, 0) is 4.79 Å². The van der Waals surface area contributed by atoms with Gasteiger partial charge in [0.2, 0.25) is 6.41 Å². The van der Waals surface area contributed by atoms with Gasteiger partial charge in [-0.15, -0.1) is 0 Å². The van der Waals surface area contributed by atoms with Gasteiger partial charge in [-0.2, -0.15) is 0 Å². The average Bonchev–Trinajstić information content (AvgIpc) is 2.17. The van der Waals surface area contributed by atoms with E-state index in [0.717, 1.165) is 38.9 Å². The lowest BCUT2D eigenvalue weighted by Crippen LogP contribution is -2.48. The number of nitrogens with two attached hydrogens (primary N) is 1. The minimum atomic E-state index is 0.246. The van der Waals surface area contributed by atoms with Crippen LogP contribution in [0, 0.1) is 5.92 Å². The Kier molecular flexibility index (Phi) is 4.35. The van der Waals surface area contributed by atoms with E-state index in [1.165, 1.54) is 5.01 Å². The van der Waals surface area contributed by atoms with Crippen molar-refractivity contribution in [1.29, 1.82) is 0 Å². The number of amides is 1. The van der Waals surface area contributed by atoms with Gasteiger partial charge in [0.1, 0.15) is 0 Å². The second-order valence-corrected chi connectivity index (χ2v) is 4.48. The van der Waals surface area contributed by atoms with Gasteiger partial charge in [-0.25, -0.2) is 5.84 Å². The summed E-state index contributed by atoms with van der Waals surface area (Å²) in [6.45, 7) is 7.73. The molecule has 1 amide bonds. The van der Waals surface area contributed by atoms with Crippen molar-refractivity contribution in [3.63, 3.8) is 0 Å². The fraction of sp³-hybridized carbons (Fsp3) is 0.900. The van der Waals surface area contributed by atoms with E-state index in [4.69, 9.17) is 5.84 Å². The lowest BCUT2D eigenvalue weighted by Gasteiger charge is -2.35. The molecule has 0 saturated carbocycles. The van der Waals surface area contributed by atoms with Gasteiger partial charge in [-0.3, -0.25) is 9.80 Å². The molecule has 0 spiro atoms. The van der Waals surface area contributed by atoms with Crippen LogP contribution in [0.5, 0.6) is 0 Å². The van der Waals surface area contributed by atoms with Crippen LogP contribution in [0.2, 0.25) is 0 Å². The van der Waals surface area contributed by atoms with E-state index in [2.05, 4.69) is 18.7 Å². The summed E-state index contributed by atoms with van der Waals surface area (Å²) in [6.07, 6.45) is 2.73. The summed E-state index contributed by atoms with van der Waals surface area (Å²) < 4.78 is 0. The first-order chi connectivity index (χ1) is 6.63. The molecule has 14 heavy (non-hydrogen) atoms. The van der Waals surface area contributed by atoms with Gasteiger partial charge in [0.15, 0.2) is 0 Å². The predicted octanol–water partition coefficient (Wildman–Crippen LogP) is 0.439. The topological polar surface area (TPSA) is 49.6 Å². The first-order valence-electron chi connectivity index (χ1n) is 5.34. The van der Waals surface area contributed by atoms with Gasteiger partial charge in [0, 0.05) is 19.6 Å². The summed E-state index contributed by atoms with van der Waals surface area (Å²) in [5.41, 5.74) is 0. The first-order valence-corrected chi connectivity index (χ1v) is 5.34. The third-order valence-corrected chi connectivity index (χ3v) is 2.72. The van der Waals surface area contributed by atoms with Crippen LogP contribution in [0.25, 0.3) is 0 Å². The Morgan fingerprint density at radius 3 is 2.50 bits per heavy atom. The maximum absolute atomic E-state index is 10.5. The quantitative estimate of drug-likeness (QED) is 0.309. The van der Waals surface area contributed by atoms with Gasteiger partial charge in [-0.05, 0) is 18.8 Å². The fourth-order valence-electron chi connectivity index (χ4n) is 2.00. The molecule has 4 nitrogen and oxygen atoms in total. The molecule has 1 aliphatic rings. The summed E-state index contributed by atoms with van der Waals surface area (Å²) in [4.78, 5) is 12.9. The predicted molar refractivity (Wildman–Crippen MR) is 56.4 cm³/mol. The van der Waals surface area contributed by atoms with E-state index in [9.17, 15) is 4.79 Å². The van der Waals surface area contributed by atoms with E-state index in [0.29, 0.717) is 5.92 Å². The molecule has 1 saturated heterocycles. The van der Waals surface area contributed by atoms with Crippen LogP contribution < -0.4 is 5.84 Å². The van der Waals surface area contributed by atoms with Crippen molar-refractivity contribution in [3.8, 4) is 0 Å². The van der Waals surface area contributed by atoms with Crippen LogP contribution in [-0.4, -0.2) is 42.0 Å². The number of carbonyl (C=O) groups excluding carboxylic acids is 1. The van der Waals surface area contributed by atoms with Gasteiger partial charge in [0.25, 0.3) is 0 Å². The minimum Gasteiger partial charge on any atom is -0.303 e. The highest BCUT2D eigenvalue weighted by molar-refractivity contribution is 5.46. The summed E-state index contributed by atoms with van der Waals surface area (Å²) in [7, 11) is 0. The molecule has 1 aliphatic heterocycles. The molecule has 0 radical (unpaired) electrons. The van der Waals surface area contributed by atoms with Crippen LogP contribution in [0.4, 0.5) is 0 Å². The second kappa shape index (κ2) is 5.32. The van der Waals surface area contributed by atoms with Crippen LogP contribution in [0.15, 0.2) is 0 Å². The molecule has 1 rings (SSSR count). The van der Waals surface area contributed by atoms with Gasteiger partial charge >= 0.3 is 0 Å². The van der Waals surface area contributed by atoms with Crippen molar-refractivity contribution in [2.75, 3.05) is 19.6 Å². The van der Waals surface area contributed by atoms with Crippen LogP contribution in [0.3, 0.4) is 0 Å². The fourth-order valence-corrected chi connectivity index (χ4v) is 2.00. The largest absolute Gasteiger partial charge is 0.303 e. The Morgan fingerprint density at radius 1 is 1.50 bits per heavy atom. The Balaban J connectivity index is 2.27. The van der Waals surface area contributed by atoms with Crippen molar-refractivity contribution in [2.45, 2.75) is 32.7 Å². The van der Waals surface area contributed by atoms with Crippen molar-refractivity contribution in [1.82, 2.24) is 9.91 Å². The van der Waals surface area contributed by atoms with Crippen molar-refractivity contribution < 1.29 is 4.79 Å². The Morgan fingerprint density at radius 2 is 2.07 bits per heavy atom. The lowest BCUT2D eigenvalue weighted by molar-refractivity contribution is -0.121. The SMILES string of the molecule is CC(C)CN1CCC(N(N)C=O)CC1. The molecule has 0 aromatic carbocycles. The smallest absolute Gasteiger partial charge is 0.223 e. The van der Waals surface area contributed by atoms with Gasteiger partial charge in [-0.1, -0.05) is 13.8 Å². The zero-order valence-electron chi connectivity index (χ0n) is 9.15. The normalized spacial score (nSPS) is 20.0. The number of piperidine rings is 1. The first kappa shape index (κ1) is 11.5. The Bertz CT molecular complexity index is 176. The Hall–Kier alpha value is -0.610. The number of carbonyl (C=O) groups is 1. The monoisotopic (exact) mass is 199 g/mol. The third kappa shape index (κ3) is 3.27. The van der Waals surface area contributed by atoms with Gasteiger partial charge in [0.05, 0.1) is 6.04 Å². The second-order valence-electron chi connectivity index (χ2n) is 4.48. The molecule has 4 heteroatoms. The summed E-state index contributed by atoms with van der Waals surface area (Å²) >= 11 is 0. The summed E-state index contributed by atoms with van der Waals surface area (Å²) in [6, 6.07) is 0.246. The molecule has 82 valence electrons. The van der Waals surface area contributed by atoms with Crippen molar-refractivity contribution in [3.05, 3.63) is 0 Å². The van der Waals surface area contributed by atoms with Crippen molar-refractivity contribution in [2.24, 2.45) is 11.8 Å². The zero-order valence-corrected chi connectivity index (χ0v) is 9.15. The van der Waals surface area contributed by atoms with Crippen LogP contribution in [0.1, 0.15) is 26.7 Å². The summed E-state index contributed by atoms with van der Waals surface area (Å²) in [5.74, 6) is 6.26. The standard InChI is InChI=1S/C10H21N3O/c1-9(2)7-12-5-3-10(4-6-12)13(11)8-14/h8-10H,3-7,11H2,1-2H3. The van der Waals surface area contributed by atoms with E-state index in [1.54, 1.807) is 0 Å². The van der Waals surface area contributed by atoms with E-state index in [1.807, 2.05) is 0 Å². The van der Waals surface area contributed by atoms with Crippen LogP contribution >= 0.6 is 0 Å². The maximum atomic E-state index is 10.5. The number of likely N-dealkylation sites (tertiary alicyclic amines) is 1. The minimum absolute atomic E-state index is 0.246. The average molecular weight is 199 g/mol.